The second-order valence-corrected chi connectivity index (χ2v) is 7.58. The second kappa shape index (κ2) is 8.89. The van der Waals surface area contributed by atoms with E-state index in [1.54, 1.807) is 0 Å². The van der Waals surface area contributed by atoms with E-state index in [4.69, 9.17) is 0 Å². The van der Waals surface area contributed by atoms with Gasteiger partial charge in [-0.05, 0) is 73.6 Å². The van der Waals surface area contributed by atoms with Crippen LogP contribution in [0.4, 0.5) is 17.2 Å². The fraction of sp³-hybridized carbons (Fsp3) is 0.381. The molecule has 0 spiro atoms. The van der Waals surface area contributed by atoms with E-state index >= 15 is 0 Å². The average Bonchev–Trinajstić information content (AvgIpc) is 3.07. The molecule has 0 radical (unpaired) electrons. The lowest BCUT2D eigenvalue weighted by molar-refractivity contribution is 0.744. The molecule has 0 amide bonds. The highest BCUT2D eigenvalue weighted by Gasteiger charge is 2.11. The lowest BCUT2D eigenvalue weighted by Crippen LogP contribution is -2.24. The first-order valence-corrected chi connectivity index (χ1v) is 10.3. The molecule has 0 N–H and O–H groups in total. The van der Waals surface area contributed by atoms with E-state index < -0.39 is 0 Å². The summed E-state index contributed by atoms with van der Waals surface area (Å²) < 4.78 is 5.26. The Morgan fingerprint density at radius 1 is 1.07 bits per heavy atom. The molecule has 0 aliphatic heterocycles. The van der Waals surface area contributed by atoms with Gasteiger partial charge in [-0.1, -0.05) is 13.8 Å². The maximum Gasteiger partial charge on any atom is 0.213 e. The lowest BCUT2D eigenvalue weighted by Gasteiger charge is -2.24. The van der Waals surface area contributed by atoms with E-state index in [0.29, 0.717) is 17.0 Å². The summed E-state index contributed by atoms with van der Waals surface area (Å²) in [5, 5.41) is 17.9. The molecule has 2 aromatic heterocycles. The van der Waals surface area contributed by atoms with E-state index in [-0.39, 0.29) is 0 Å². The molecule has 0 bridgehead atoms. The summed E-state index contributed by atoms with van der Waals surface area (Å²) in [6.07, 6.45) is 2.24. The van der Waals surface area contributed by atoms with Crippen LogP contribution in [-0.4, -0.2) is 22.4 Å². The second-order valence-electron chi connectivity index (χ2n) is 6.78. The molecule has 0 atom stereocenters. The van der Waals surface area contributed by atoms with Crippen molar-refractivity contribution in [2.45, 2.75) is 40.5 Å². The number of benzene rings is 1. The van der Waals surface area contributed by atoms with Gasteiger partial charge in [-0.15, -0.1) is 10.2 Å². The normalized spacial score (nSPS) is 11.2. The maximum atomic E-state index is 9.21. The fourth-order valence-electron chi connectivity index (χ4n) is 3.09. The van der Waals surface area contributed by atoms with Gasteiger partial charge in [-0.3, -0.25) is 0 Å². The molecule has 0 aliphatic rings. The zero-order valence-corrected chi connectivity index (χ0v) is 17.5. The number of fused-ring (bicyclic) bond motifs is 1. The molecule has 2 heterocycles. The van der Waals surface area contributed by atoms with Gasteiger partial charge in [0.15, 0.2) is 0 Å². The van der Waals surface area contributed by atoms with Crippen LogP contribution >= 0.6 is 11.5 Å². The van der Waals surface area contributed by atoms with Crippen LogP contribution in [-0.2, 0) is 0 Å². The Bertz CT molecular complexity index is 1040. The van der Waals surface area contributed by atoms with Gasteiger partial charge in [-0.25, -0.2) is 4.98 Å². The van der Waals surface area contributed by atoms with Crippen LogP contribution in [0.25, 0.3) is 10.2 Å². The number of pyridine rings is 1. The minimum atomic E-state index is 0.400. The van der Waals surface area contributed by atoms with Gasteiger partial charge in [0.05, 0.1) is 10.4 Å². The number of rotatable bonds is 7. The zero-order chi connectivity index (χ0) is 20.1. The maximum absolute atomic E-state index is 9.21. The Hall–Kier alpha value is -2.85. The van der Waals surface area contributed by atoms with Crippen LogP contribution in [0.1, 0.15) is 43.5 Å². The molecule has 0 aliphatic carbocycles. The van der Waals surface area contributed by atoms with Crippen molar-refractivity contribution >= 4 is 38.9 Å². The third kappa shape index (κ3) is 4.18. The minimum absolute atomic E-state index is 0.400. The minimum Gasteiger partial charge on any atom is -0.372 e. The van der Waals surface area contributed by atoms with Crippen LogP contribution in [0.15, 0.2) is 34.5 Å². The number of azo groups is 1. The Labute approximate surface area is 169 Å². The molecule has 28 heavy (non-hydrogen) atoms. The molecule has 0 saturated heterocycles. The molecule has 0 unspecified atom stereocenters. The molecule has 3 rings (SSSR count). The van der Waals surface area contributed by atoms with Crippen LogP contribution in [0, 0.1) is 25.2 Å². The monoisotopic (exact) mass is 392 g/mol. The highest BCUT2D eigenvalue weighted by molar-refractivity contribution is 7.13. The summed E-state index contributed by atoms with van der Waals surface area (Å²) in [7, 11) is 0. The van der Waals surface area contributed by atoms with Crippen molar-refractivity contribution in [2.75, 3.05) is 18.0 Å². The summed E-state index contributed by atoms with van der Waals surface area (Å²) >= 11 is 1.32. The standard InChI is InChI=1S/C21H24N6S/c1-5-9-27(10-6-2)16-7-8-17(14(3)11-16)24-25-21-20-19(28-26-21)12-15(4)18(13-22)23-20/h7-8,11-12H,5-6,9-10H2,1-4H3. The van der Waals surface area contributed by atoms with Crippen LogP contribution in [0.5, 0.6) is 0 Å². The highest BCUT2D eigenvalue weighted by atomic mass is 32.1. The quantitative estimate of drug-likeness (QED) is 0.447. The van der Waals surface area contributed by atoms with Crippen LogP contribution in [0.2, 0.25) is 0 Å². The molecular weight excluding hydrogens is 368 g/mol. The molecule has 3 aromatic rings. The molecule has 6 nitrogen and oxygen atoms in total. The van der Waals surface area contributed by atoms with Crippen molar-refractivity contribution in [3.8, 4) is 6.07 Å². The Morgan fingerprint density at radius 3 is 2.46 bits per heavy atom. The smallest absolute Gasteiger partial charge is 0.213 e. The number of hydrogen-bond acceptors (Lipinski definition) is 7. The SMILES string of the molecule is CCCN(CCC)c1ccc(N=Nc2nsc3cc(C)c(C#N)nc23)c(C)c1. The van der Waals surface area contributed by atoms with E-state index in [1.807, 2.05) is 26.0 Å². The van der Waals surface area contributed by atoms with Crippen molar-refractivity contribution in [3.63, 3.8) is 0 Å². The summed E-state index contributed by atoms with van der Waals surface area (Å²) in [4.78, 5) is 6.79. The van der Waals surface area contributed by atoms with Crippen molar-refractivity contribution in [3.05, 3.63) is 41.1 Å². The average molecular weight is 393 g/mol. The van der Waals surface area contributed by atoms with Crippen molar-refractivity contribution in [1.82, 2.24) is 9.36 Å². The van der Waals surface area contributed by atoms with Gasteiger partial charge in [0.2, 0.25) is 5.82 Å². The third-order valence-corrected chi connectivity index (χ3v) is 5.28. The number of nitrogens with zero attached hydrogens (tertiary/aromatic N) is 6. The lowest BCUT2D eigenvalue weighted by atomic mass is 10.1. The summed E-state index contributed by atoms with van der Waals surface area (Å²) in [6.45, 7) is 10.4. The number of aryl methyl sites for hydroxylation is 2. The predicted octanol–water partition coefficient (Wildman–Crippen LogP) is 6.22. The molecule has 0 fully saturated rings. The number of nitriles is 1. The van der Waals surface area contributed by atoms with Gasteiger partial charge in [-0.2, -0.15) is 9.64 Å². The first-order valence-electron chi connectivity index (χ1n) is 9.51. The summed E-state index contributed by atoms with van der Waals surface area (Å²) in [6, 6.07) is 10.3. The zero-order valence-electron chi connectivity index (χ0n) is 16.7. The Kier molecular flexibility index (Phi) is 6.32. The van der Waals surface area contributed by atoms with Gasteiger partial charge in [0.25, 0.3) is 0 Å². The van der Waals surface area contributed by atoms with E-state index in [2.05, 4.69) is 56.5 Å². The molecule has 7 heteroatoms. The Balaban J connectivity index is 1.88. The number of aromatic nitrogens is 2. The molecule has 144 valence electrons. The largest absolute Gasteiger partial charge is 0.372 e. The van der Waals surface area contributed by atoms with Crippen molar-refractivity contribution in [1.29, 1.82) is 5.26 Å². The van der Waals surface area contributed by atoms with E-state index in [1.165, 1.54) is 17.2 Å². The van der Waals surface area contributed by atoms with E-state index in [0.717, 1.165) is 47.4 Å². The predicted molar refractivity (Wildman–Crippen MR) is 115 cm³/mol. The van der Waals surface area contributed by atoms with Gasteiger partial charge in [0, 0.05) is 18.8 Å². The highest BCUT2D eigenvalue weighted by Crippen LogP contribution is 2.31. The van der Waals surface area contributed by atoms with Crippen molar-refractivity contribution in [2.24, 2.45) is 10.2 Å². The fourth-order valence-corrected chi connectivity index (χ4v) is 3.85. The first kappa shape index (κ1) is 19.9. The number of anilines is 1. The number of hydrogen-bond donors (Lipinski definition) is 0. The topological polar surface area (TPSA) is 77.5 Å². The molecule has 0 saturated carbocycles. The molecule has 1 aromatic carbocycles. The summed E-state index contributed by atoms with van der Waals surface area (Å²) in [5.74, 6) is 0.457. The van der Waals surface area contributed by atoms with Gasteiger partial charge >= 0.3 is 0 Å². The molecular formula is C21H24N6S. The van der Waals surface area contributed by atoms with Crippen LogP contribution < -0.4 is 4.90 Å². The Morgan fingerprint density at radius 2 is 1.82 bits per heavy atom. The first-order chi connectivity index (χ1) is 13.6. The van der Waals surface area contributed by atoms with Crippen molar-refractivity contribution < 1.29 is 0 Å². The van der Waals surface area contributed by atoms with Crippen LogP contribution in [0.3, 0.4) is 0 Å². The van der Waals surface area contributed by atoms with E-state index in [9.17, 15) is 5.26 Å². The van der Waals surface area contributed by atoms with Gasteiger partial charge in [0.1, 0.15) is 17.3 Å². The summed E-state index contributed by atoms with van der Waals surface area (Å²) in [5.41, 5.74) is 4.97. The third-order valence-electron chi connectivity index (χ3n) is 4.51. The van der Waals surface area contributed by atoms with Gasteiger partial charge < -0.3 is 4.90 Å².